The number of ether oxygens (including phenoxy) is 1. The molecule has 0 bridgehead atoms. The Kier molecular flexibility index (Phi) is 3.03. The quantitative estimate of drug-likeness (QED) is 0.706. The van der Waals surface area contributed by atoms with Gasteiger partial charge < -0.3 is 4.74 Å². The maximum Gasteiger partial charge on any atom is 0.136 e. The lowest BCUT2D eigenvalue weighted by Crippen LogP contribution is -2.09. The third-order valence-electron chi connectivity index (χ3n) is 2.22. The van der Waals surface area contributed by atoms with E-state index < -0.39 is 0 Å². The summed E-state index contributed by atoms with van der Waals surface area (Å²) >= 11 is 0. The van der Waals surface area contributed by atoms with E-state index in [1.54, 1.807) is 0 Å². The fourth-order valence-electron chi connectivity index (χ4n) is 1.42. The molecule has 76 valence electrons. The van der Waals surface area contributed by atoms with Gasteiger partial charge >= 0.3 is 0 Å². The zero-order valence-corrected chi connectivity index (χ0v) is 8.76. The van der Waals surface area contributed by atoms with Gasteiger partial charge in [0.25, 0.3) is 0 Å². The van der Waals surface area contributed by atoms with Gasteiger partial charge in [-0.2, -0.15) is 0 Å². The average Bonchev–Trinajstić information content (AvgIpc) is 2.46. The van der Waals surface area contributed by atoms with Crippen LogP contribution in [0.1, 0.15) is 6.92 Å². The Bertz CT molecular complexity index is 399. The Morgan fingerprint density at radius 2 is 1.87 bits per heavy atom. The van der Waals surface area contributed by atoms with Gasteiger partial charge in [-0.3, -0.25) is 0 Å². The van der Waals surface area contributed by atoms with Crippen molar-refractivity contribution in [2.24, 2.45) is 0 Å². The van der Waals surface area contributed by atoms with Crippen LogP contribution in [0.4, 0.5) is 0 Å². The number of benzene rings is 1. The number of rotatable bonds is 2. The molecule has 1 heteroatoms. The summed E-state index contributed by atoms with van der Waals surface area (Å²) in [4.78, 5) is 0. The van der Waals surface area contributed by atoms with Gasteiger partial charge in [0.1, 0.15) is 11.9 Å². The molecule has 1 aliphatic rings. The lowest BCUT2D eigenvalue weighted by Gasteiger charge is -2.10. The van der Waals surface area contributed by atoms with Crippen molar-refractivity contribution in [1.82, 2.24) is 0 Å². The van der Waals surface area contributed by atoms with Crippen molar-refractivity contribution in [2.75, 3.05) is 0 Å². The van der Waals surface area contributed by atoms with Crippen molar-refractivity contribution in [1.29, 1.82) is 0 Å². The molecule has 2 rings (SSSR count). The molecule has 0 saturated carbocycles. The molecule has 1 aromatic carbocycles. The second kappa shape index (κ2) is 4.65. The van der Waals surface area contributed by atoms with E-state index in [-0.39, 0.29) is 6.10 Å². The molecule has 0 heterocycles. The minimum atomic E-state index is 0.0288. The highest BCUT2D eigenvalue weighted by molar-refractivity contribution is 5.30. The van der Waals surface area contributed by atoms with Crippen LogP contribution in [0.5, 0.6) is 5.75 Å². The highest BCUT2D eigenvalue weighted by Crippen LogP contribution is 2.14. The maximum absolute atomic E-state index is 5.78. The van der Waals surface area contributed by atoms with Gasteiger partial charge in [-0.1, -0.05) is 42.0 Å². The second-order valence-corrected chi connectivity index (χ2v) is 3.55. The summed E-state index contributed by atoms with van der Waals surface area (Å²) in [5, 5.41) is 0. The van der Waals surface area contributed by atoms with Crippen molar-refractivity contribution in [3.8, 4) is 5.75 Å². The molecule has 1 atom stereocenters. The first kappa shape index (κ1) is 9.78. The summed E-state index contributed by atoms with van der Waals surface area (Å²) in [5.74, 6) is 0.899. The molecule has 1 nitrogen and oxygen atoms in total. The van der Waals surface area contributed by atoms with Gasteiger partial charge in [0.15, 0.2) is 0 Å². The zero-order valence-electron chi connectivity index (χ0n) is 8.76. The molecule has 0 aromatic heterocycles. The number of hydrogen-bond acceptors (Lipinski definition) is 1. The predicted molar refractivity (Wildman–Crippen MR) is 62.9 cm³/mol. The third-order valence-corrected chi connectivity index (χ3v) is 2.22. The Balaban J connectivity index is 2.06. The Morgan fingerprint density at radius 3 is 2.67 bits per heavy atom. The van der Waals surface area contributed by atoms with Crippen molar-refractivity contribution in [3.63, 3.8) is 0 Å². The average molecular weight is 198 g/mol. The largest absolute Gasteiger partial charge is 0.482 e. The van der Waals surface area contributed by atoms with Gasteiger partial charge in [0.2, 0.25) is 0 Å². The van der Waals surface area contributed by atoms with Gasteiger partial charge in [-0.15, -0.1) is 0 Å². The lowest BCUT2D eigenvalue weighted by atomic mass is 10.2. The van der Waals surface area contributed by atoms with Gasteiger partial charge in [-0.05, 0) is 31.2 Å². The summed E-state index contributed by atoms with van der Waals surface area (Å²) in [5.41, 5.74) is 1.24. The molecule has 0 aliphatic heterocycles. The van der Waals surface area contributed by atoms with Crippen molar-refractivity contribution in [3.05, 3.63) is 66.3 Å². The van der Waals surface area contributed by atoms with E-state index in [1.807, 2.05) is 42.5 Å². The fraction of sp³-hybridized carbons (Fsp3) is 0.143. The monoisotopic (exact) mass is 198 g/mol. The standard InChI is InChI=1S/C14H14O/c1-12-6-5-9-14(11-10-12)15-13-7-3-2-4-8-13/h2-11,14H,1H3. The minimum absolute atomic E-state index is 0.0288. The number of para-hydroxylation sites is 1. The van der Waals surface area contributed by atoms with Gasteiger partial charge in [0.05, 0.1) is 0 Å². The van der Waals surface area contributed by atoms with E-state index >= 15 is 0 Å². The topological polar surface area (TPSA) is 9.23 Å². The molecule has 0 fully saturated rings. The van der Waals surface area contributed by atoms with E-state index in [0.29, 0.717) is 0 Å². The predicted octanol–water partition coefficient (Wildman–Crippen LogP) is 3.51. The van der Waals surface area contributed by atoms with Crippen LogP contribution in [0.3, 0.4) is 0 Å². The van der Waals surface area contributed by atoms with Crippen LogP contribution in [0.25, 0.3) is 0 Å². The van der Waals surface area contributed by atoms with Crippen LogP contribution >= 0.6 is 0 Å². The summed E-state index contributed by atoms with van der Waals surface area (Å²) in [6, 6.07) is 9.86. The van der Waals surface area contributed by atoms with Crippen LogP contribution in [0.15, 0.2) is 66.3 Å². The summed E-state index contributed by atoms with van der Waals surface area (Å²) in [7, 11) is 0. The molecular weight excluding hydrogens is 184 g/mol. The Morgan fingerprint density at radius 1 is 1.07 bits per heavy atom. The van der Waals surface area contributed by atoms with Crippen LogP contribution in [-0.2, 0) is 0 Å². The first-order chi connectivity index (χ1) is 7.34. The molecule has 1 aliphatic carbocycles. The van der Waals surface area contributed by atoms with Gasteiger partial charge in [-0.25, -0.2) is 0 Å². The van der Waals surface area contributed by atoms with Crippen molar-refractivity contribution >= 4 is 0 Å². The Hall–Kier alpha value is -1.76. The van der Waals surface area contributed by atoms with Crippen LogP contribution < -0.4 is 4.74 Å². The molecule has 15 heavy (non-hydrogen) atoms. The third kappa shape index (κ3) is 2.84. The fourth-order valence-corrected chi connectivity index (χ4v) is 1.42. The molecule has 1 aromatic rings. The number of allylic oxidation sites excluding steroid dienone is 4. The van der Waals surface area contributed by atoms with Crippen molar-refractivity contribution in [2.45, 2.75) is 13.0 Å². The first-order valence-corrected chi connectivity index (χ1v) is 5.09. The normalized spacial score (nSPS) is 19.5. The SMILES string of the molecule is CC1=CC=CC(Oc2ccccc2)C=C1. The van der Waals surface area contributed by atoms with Crippen LogP contribution in [0.2, 0.25) is 0 Å². The lowest BCUT2D eigenvalue weighted by molar-refractivity contribution is 0.296. The Labute approximate surface area is 90.4 Å². The summed E-state index contributed by atoms with van der Waals surface area (Å²) < 4.78 is 5.78. The molecule has 1 unspecified atom stereocenters. The molecule has 0 N–H and O–H groups in total. The molecular formula is C14H14O. The zero-order chi connectivity index (χ0) is 10.5. The van der Waals surface area contributed by atoms with Gasteiger partial charge in [0, 0.05) is 0 Å². The first-order valence-electron chi connectivity index (χ1n) is 5.09. The highest BCUT2D eigenvalue weighted by Gasteiger charge is 2.02. The van der Waals surface area contributed by atoms with E-state index in [4.69, 9.17) is 4.74 Å². The highest BCUT2D eigenvalue weighted by atomic mass is 16.5. The molecule has 0 radical (unpaired) electrons. The molecule has 0 amide bonds. The molecule has 0 spiro atoms. The summed E-state index contributed by atoms with van der Waals surface area (Å²) in [6.07, 6.45) is 10.3. The number of hydrogen-bond donors (Lipinski definition) is 0. The van der Waals surface area contributed by atoms with E-state index in [1.165, 1.54) is 5.57 Å². The van der Waals surface area contributed by atoms with Crippen LogP contribution in [-0.4, -0.2) is 6.10 Å². The summed E-state index contributed by atoms with van der Waals surface area (Å²) in [6.45, 7) is 2.08. The smallest absolute Gasteiger partial charge is 0.136 e. The van der Waals surface area contributed by atoms with E-state index in [0.717, 1.165) is 5.75 Å². The maximum atomic E-state index is 5.78. The van der Waals surface area contributed by atoms with Crippen LogP contribution in [0, 0.1) is 0 Å². The molecule has 0 saturated heterocycles. The minimum Gasteiger partial charge on any atom is -0.482 e. The second-order valence-electron chi connectivity index (χ2n) is 3.55. The van der Waals surface area contributed by atoms with E-state index in [9.17, 15) is 0 Å². The van der Waals surface area contributed by atoms with E-state index in [2.05, 4.69) is 25.2 Å². The van der Waals surface area contributed by atoms with Crippen molar-refractivity contribution < 1.29 is 4.74 Å².